The number of ether oxygens (including phenoxy) is 3. The molecule has 0 saturated carbocycles. The predicted molar refractivity (Wildman–Crippen MR) is 87.0 cm³/mol. The van der Waals surface area contributed by atoms with Gasteiger partial charge in [0.15, 0.2) is 18.1 Å². The number of nitrogens with one attached hydrogen (secondary N) is 1. The quantitative estimate of drug-likeness (QED) is 0.707. The van der Waals surface area contributed by atoms with Crippen molar-refractivity contribution in [1.29, 1.82) is 0 Å². The van der Waals surface area contributed by atoms with Crippen molar-refractivity contribution in [3.63, 3.8) is 0 Å². The maximum atomic E-state index is 12.0. The zero-order valence-corrected chi connectivity index (χ0v) is 14.2. The van der Waals surface area contributed by atoms with E-state index < -0.39 is 5.97 Å². The van der Waals surface area contributed by atoms with Crippen LogP contribution in [0.1, 0.15) is 44.5 Å². The van der Waals surface area contributed by atoms with Gasteiger partial charge in [0.1, 0.15) is 0 Å². The van der Waals surface area contributed by atoms with Gasteiger partial charge in [-0.2, -0.15) is 0 Å². The molecule has 1 atom stereocenters. The topological polar surface area (TPSA) is 73.9 Å². The Bertz CT molecular complexity index is 530. The molecule has 0 aliphatic rings. The first-order valence-electron chi connectivity index (χ1n) is 7.87. The molecule has 1 aromatic carbocycles. The molecule has 0 radical (unpaired) electrons. The monoisotopic (exact) mass is 323 g/mol. The Kier molecular flexibility index (Phi) is 7.94. The summed E-state index contributed by atoms with van der Waals surface area (Å²) in [5.74, 6) is 0.158. The molecule has 1 aromatic rings. The van der Waals surface area contributed by atoms with Crippen molar-refractivity contribution in [2.24, 2.45) is 0 Å². The second-order valence-corrected chi connectivity index (χ2v) is 4.98. The first-order chi connectivity index (χ1) is 11.0. The molecule has 0 aliphatic carbocycles. The lowest BCUT2D eigenvalue weighted by atomic mass is 10.2. The van der Waals surface area contributed by atoms with E-state index in [1.54, 1.807) is 18.2 Å². The van der Waals surface area contributed by atoms with Crippen LogP contribution in [-0.2, 0) is 9.53 Å². The van der Waals surface area contributed by atoms with Gasteiger partial charge in [0.05, 0.1) is 18.8 Å². The van der Waals surface area contributed by atoms with E-state index in [-0.39, 0.29) is 18.6 Å². The van der Waals surface area contributed by atoms with Crippen molar-refractivity contribution in [1.82, 2.24) is 5.32 Å². The number of carbonyl (C=O) groups is 2. The Morgan fingerprint density at radius 2 is 1.74 bits per heavy atom. The van der Waals surface area contributed by atoms with E-state index >= 15 is 0 Å². The second-order valence-electron chi connectivity index (χ2n) is 4.98. The number of hydrogen-bond acceptors (Lipinski definition) is 5. The van der Waals surface area contributed by atoms with Crippen molar-refractivity contribution in [3.8, 4) is 11.5 Å². The molecule has 6 heteroatoms. The fraction of sp³-hybridized carbons (Fsp3) is 0.529. The molecule has 0 heterocycles. The van der Waals surface area contributed by atoms with Crippen molar-refractivity contribution in [2.75, 3.05) is 19.8 Å². The van der Waals surface area contributed by atoms with Gasteiger partial charge in [-0.15, -0.1) is 0 Å². The average molecular weight is 323 g/mol. The van der Waals surface area contributed by atoms with Crippen LogP contribution in [0.2, 0.25) is 0 Å². The van der Waals surface area contributed by atoms with Crippen LogP contribution >= 0.6 is 0 Å². The third kappa shape index (κ3) is 6.18. The number of esters is 1. The van der Waals surface area contributed by atoms with Crippen molar-refractivity contribution in [2.45, 2.75) is 40.2 Å². The molecule has 1 unspecified atom stereocenters. The third-order valence-electron chi connectivity index (χ3n) is 3.13. The summed E-state index contributed by atoms with van der Waals surface area (Å²) in [7, 11) is 0. The number of benzene rings is 1. The van der Waals surface area contributed by atoms with Gasteiger partial charge in [0.2, 0.25) is 0 Å². The molecule has 23 heavy (non-hydrogen) atoms. The summed E-state index contributed by atoms with van der Waals surface area (Å²) in [6.45, 7) is 8.22. The van der Waals surface area contributed by atoms with E-state index in [0.29, 0.717) is 30.3 Å². The third-order valence-corrected chi connectivity index (χ3v) is 3.13. The highest BCUT2D eigenvalue weighted by Gasteiger charge is 2.14. The van der Waals surface area contributed by atoms with Gasteiger partial charge in [-0.25, -0.2) is 4.79 Å². The van der Waals surface area contributed by atoms with Gasteiger partial charge in [-0.1, -0.05) is 6.92 Å². The summed E-state index contributed by atoms with van der Waals surface area (Å²) in [5, 5.41) is 2.73. The maximum absolute atomic E-state index is 12.0. The van der Waals surface area contributed by atoms with Crippen LogP contribution in [0.4, 0.5) is 0 Å². The van der Waals surface area contributed by atoms with Gasteiger partial charge in [-0.3, -0.25) is 4.79 Å². The minimum Gasteiger partial charge on any atom is -0.490 e. The summed E-state index contributed by atoms with van der Waals surface area (Å²) < 4.78 is 15.9. The molecule has 0 aliphatic heterocycles. The molecule has 0 bridgehead atoms. The minimum atomic E-state index is -0.576. The molecular formula is C17H25NO5. The Labute approximate surface area is 137 Å². The molecular weight excluding hydrogens is 298 g/mol. The number of amides is 1. The van der Waals surface area contributed by atoms with Crippen LogP contribution in [0.25, 0.3) is 0 Å². The number of hydrogen-bond donors (Lipinski definition) is 1. The van der Waals surface area contributed by atoms with Gasteiger partial charge in [0.25, 0.3) is 5.91 Å². The Morgan fingerprint density at radius 3 is 2.35 bits per heavy atom. The standard InChI is InChI=1S/C17H25NO5/c1-5-12(4)18-16(19)11-23-17(20)13-8-9-14(21-6-2)15(10-13)22-7-3/h8-10,12H,5-7,11H2,1-4H3,(H,18,19). The highest BCUT2D eigenvalue weighted by Crippen LogP contribution is 2.28. The normalized spacial score (nSPS) is 11.5. The molecule has 0 fully saturated rings. The summed E-state index contributed by atoms with van der Waals surface area (Å²) in [4.78, 5) is 23.7. The first kappa shape index (κ1) is 18.8. The van der Waals surface area contributed by atoms with E-state index in [4.69, 9.17) is 14.2 Å². The van der Waals surface area contributed by atoms with Crippen LogP contribution in [0.15, 0.2) is 18.2 Å². The number of rotatable bonds is 9. The van der Waals surface area contributed by atoms with Gasteiger partial charge in [0, 0.05) is 6.04 Å². The van der Waals surface area contributed by atoms with Crippen molar-refractivity contribution >= 4 is 11.9 Å². The van der Waals surface area contributed by atoms with E-state index in [0.717, 1.165) is 6.42 Å². The van der Waals surface area contributed by atoms with E-state index in [1.165, 1.54) is 0 Å². The van der Waals surface area contributed by atoms with E-state index in [2.05, 4.69) is 5.32 Å². The summed E-state index contributed by atoms with van der Waals surface area (Å²) in [6.07, 6.45) is 0.816. The van der Waals surface area contributed by atoms with Crippen LogP contribution in [0.5, 0.6) is 11.5 Å². The van der Waals surface area contributed by atoms with Crippen LogP contribution < -0.4 is 14.8 Å². The van der Waals surface area contributed by atoms with Gasteiger partial charge in [-0.05, 0) is 45.4 Å². The lowest BCUT2D eigenvalue weighted by molar-refractivity contribution is -0.124. The van der Waals surface area contributed by atoms with Crippen molar-refractivity contribution in [3.05, 3.63) is 23.8 Å². The molecule has 1 N–H and O–H groups in total. The predicted octanol–water partition coefficient (Wildman–Crippen LogP) is 2.56. The molecule has 0 spiro atoms. The maximum Gasteiger partial charge on any atom is 0.338 e. The lowest BCUT2D eigenvalue weighted by Gasteiger charge is -2.13. The van der Waals surface area contributed by atoms with Gasteiger partial charge < -0.3 is 19.5 Å². The molecule has 6 nitrogen and oxygen atoms in total. The fourth-order valence-corrected chi connectivity index (χ4v) is 1.81. The zero-order valence-electron chi connectivity index (χ0n) is 14.2. The second kappa shape index (κ2) is 9.71. The summed E-state index contributed by atoms with van der Waals surface area (Å²) in [6, 6.07) is 4.85. The molecule has 0 saturated heterocycles. The summed E-state index contributed by atoms with van der Waals surface area (Å²) in [5.41, 5.74) is 0.313. The minimum absolute atomic E-state index is 0.0521. The molecule has 0 aromatic heterocycles. The summed E-state index contributed by atoms with van der Waals surface area (Å²) >= 11 is 0. The van der Waals surface area contributed by atoms with E-state index in [1.807, 2.05) is 27.7 Å². The van der Waals surface area contributed by atoms with Crippen molar-refractivity contribution < 1.29 is 23.8 Å². The van der Waals surface area contributed by atoms with Crippen LogP contribution in [-0.4, -0.2) is 37.7 Å². The van der Waals surface area contributed by atoms with Gasteiger partial charge >= 0.3 is 5.97 Å². The average Bonchev–Trinajstić information content (AvgIpc) is 2.54. The highest BCUT2D eigenvalue weighted by atomic mass is 16.5. The molecule has 1 amide bonds. The highest BCUT2D eigenvalue weighted by molar-refractivity contribution is 5.92. The Morgan fingerprint density at radius 1 is 1.09 bits per heavy atom. The van der Waals surface area contributed by atoms with Crippen LogP contribution in [0, 0.1) is 0 Å². The molecule has 1 rings (SSSR count). The Balaban J connectivity index is 2.68. The fourth-order valence-electron chi connectivity index (χ4n) is 1.81. The largest absolute Gasteiger partial charge is 0.490 e. The smallest absolute Gasteiger partial charge is 0.338 e. The van der Waals surface area contributed by atoms with Crippen LogP contribution in [0.3, 0.4) is 0 Å². The lowest BCUT2D eigenvalue weighted by Crippen LogP contribution is -2.35. The first-order valence-corrected chi connectivity index (χ1v) is 7.87. The van der Waals surface area contributed by atoms with E-state index in [9.17, 15) is 9.59 Å². The Hall–Kier alpha value is -2.24. The molecule has 128 valence electrons. The SMILES string of the molecule is CCOc1ccc(C(=O)OCC(=O)NC(C)CC)cc1OCC. The number of carbonyl (C=O) groups excluding carboxylic acids is 2. The zero-order chi connectivity index (χ0) is 17.2.